The summed E-state index contributed by atoms with van der Waals surface area (Å²) in [5, 5.41) is 7.14. The molecule has 6 heteroatoms. The zero-order valence-electron chi connectivity index (χ0n) is 8.90. The van der Waals surface area contributed by atoms with E-state index in [4.69, 9.17) is 9.26 Å². The molecule has 0 spiro atoms. The molecule has 1 aliphatic rings. The monoisotopic (exact) mass is 229 g/mol. The molecule has 0 radical (unpaired) electrons. The lowest BCUT2D eigenvalue weighted by molar-refractivity contribution is 0.174. The number of likely N-dealkylation sites (N-methyl/N-ethyl adjacent to an activating group) is 1. The van der Waals surface area contributed by atoms with Gasteiger partial charge in [0.25, 0.3) is 0 Å². The molecule has 2 unspecified atom stereocenters. The Bertz CT molecular complexity index is 318. The lowest BCUT2D eigenvalue weighted by atomic mass is 10.0. The highest BCUT2D eigenvalue weighted by Gasteiger charge is 2.32. The van der Waals surface area contributed by atoms with Gasteiger partial charge in [0, 0.05) is 24.7 Å². The van der Waals surface area contributed by atoms with Crippen LogP contribution in [0.5, 0.6) is 0 Å². The Hall–Kier alpha value is -0.590. The van der Waals surface area contributed by atoms with Crippen LogP contribution >= 0.6 is 11.8 Å². The number of methoxy groups -OCH3 is 1. The van der Waals surface area contributed by atoms with Crippen LogP contribution in [0.4, 0.5) is 0 Å². The molecule has 1 aromatic rings. The fraction of sp³-hybridized carbons (Fsp3) is 0.778. The molecule has 0 aromatic carbocycles. The summed E-state index contributed by atoms with van der Waals surface area (Å²) in [5.74, 6) is 3.83. The van der Waals surface area contributed by atoms with Gasteiger partial charge in [0.05, 0.1) is 5.92 Å². The zero-order chi connectivity index (χ0) is 10.7. The van der Waals surface area contributed by atoms with Crippen molar-refractivity contribution >= 4 is 11.8 Å². The summed E-state index contributed by atoms with van der Waals surface area (Å²) in [6.07, 6.45) is 0. The molecule has 2 heterocycles. The maximum atomic E-state index is 5.24. The van der Waals surface area contributed by atoms with Crippen molar-refractivity contribution in [2.24, 2.45) is 0 Å². The van der Waals surface area contributed by atoms with Crippen molar-refractivity contribution in [3.05, 3.63) is 11.7 Å². The number of thioether (sulfide) groups is 1. The summed E-state index contributed by atoms with van der Waals surface area (Å²) in [5.41, 5.74) is 0. The topological polar surface area (TPSA) is 60.2 Å². The molecule has 2 rings (SSSR count). The lowest BCUT2D eigenvalue weighted by Crippen LogP contribution is -2.31. The van der Waals surface area contributed by atoms with Gasteiger partial charge in [-0.1, -0.05) is 5.16 Å². The van der Waals surface area contributed by atoms with Gasteiger partial charge in [-0.15, -0.1) is 0 Å². The fourth-order valence-electron chi connectivity index (χ4n) is 1.69. The first-order valence-electron chi connectivity index (χ1n) is 4.91. The number of hydrogen-bond donors (Lipinski definition) is 1. The SMILES string of the molecule is CNC1CSCC1c1nc(COC)no1. The van der Waals surface area contributed by atoms with E-state index in [0.29, 0.717) is 24.4 Å². The van der Waals surface area contributed by atoms with E-state index in [1.54, 1.807) is 7.11 Å². The number of rotatable bonds is 4. The molecule has 15 heavy (non-hydrogen) atoms. The second-order valence-corrected chi connectivity index (χ2v) is 4.60. The van der Waals surface area contributed by atoms with Crippen LogP contribution < -0.4 is 5.32 Å². The van der Waals surface area contributed by atoms with E-state index in [1.807, 2.05) is 18.8 Å². The Balaban J connectivity index is 2.07. The first-order chi connectivity index (χ1) is 7.35. The quantitative estimate of drug-likeness (QED) is 0.817. The highest BCUT2D eigenvalue weighted by Crippen LogP contribution is 2.31. The van der Waals surface area contributed by atoms with Crippen molar-refractivity contribution in [2.75, 3.05) is 25.7 Å². The van der Waals surface area contributed by atoms with Crippen molar-refractivity contribution < 1.29 is 9.26 Å². The summed E-state index contributed by atoms with van der Waals surface area (Å²) >= 11 is 1.91. The van der Waals surface area contributed by atoms with E-state index in [1.165, 1.54) is 0 Å². The van der Waals surface area contributed by atoms with Crippen LogP contribution in [0.25, 0.3) is 0 Å². The van der Waals surface area contributed by atoms with Gasteiger partial charge in [0.2, 0.25) is 5.89 Å². The highest BCUT2D eigenvalue weighted by atomic mass is 32.2. The maximum absolute atomic E-state index is 5.24. The van der Waals surface area contributed by atoms with Gasteiger partial charge in [0.15, 0.2) is 5.82 Å². The number of aromatic nitrogens is 2. The second kappa shape index (κ2) is 4.96. The largest absolute Gasteiger partial charge is 0.377 e. The first kappa shape index (κ1) is 10.9. The minimum absolute atomic E-state index is 0.332. The Morgan fingerprint density at radius 2 is 2.47 bits per heavy atom. The Labute approximate surface area is 93.0 Å². The van der Waals surface area contributed by atoms with Gasteiger partial charge < -0.3 is 14.6 Å². The standard InChI is InChI=1S/C9H15N3O2S/c1-10-7-5-15-4-6(7)9-11-8(3-13-2)12-14-9/h6-7,10H,3-5H2,1-2H3. The minimum atomic E-state index is 0.332. The third-order valence-electron chi connectivity index (χ3n) is 2.53. The van der Waals surface area contributed by atoms with E-state index in [0.717, 1.165) is 17.4 Å². The number of nitrogens with one attached hydrogen (secondary N) is 1. The molecule has 0 bridgehead atoms. The lowest BCUT2D eigenvalue weighted by Gasteiger charge is -2.13. The molecule has 1 aliphatic heterocycles. The van der Waals surface area contributed by atoms with Crippen molar-refractivity contribution in [1.29, 1.82) is 0 Å². The number of hydrogen-bond acceptors (Lipinski definition) is 6. The Morgan fingerprint density at radius 1 is 1.60 bits per heavy atom. The first-order valence-corrected chi connectivity index (χ1v) is 6.07. The predicted octanol–water partition coefficient (Wildman–Crippen LogP) is 0.634. The van der Waals surface area contributed by atoms with Crippen molar-refractivity contribution in [2.45, 2.75) is 18.6 Å². The Kier molecular flexibility index (Phi) is 3.61. The Morgan fingerprint density at radius 3 is 3.20 bits per heavy atom. The summed E-state index contributed by atoms with van der Waals surface area (Å²) in [6, 6.07) is 0.436. The maximum Gasteiger partial charge on any atom is 0.232 e. The molecule has 2 atom stereocenters. The normalized spacial score (nSPS) is 26.0. The third-order valence-corrected chi connectivity index (χ3v) is 3.72. The smallest absolute Gasteiger partial charge is 0.232 e. The van der Waals surface area contributed by atoms with Crippen LogP contribution in [0.2, 0.25) is 0 Å². The molecule has 1 N–H and O–H groups in total. The average Bonchev–Trinajstić information content (AvgIpc) is 2.84. The average molecular weight is 229 g/mol. The molecule has 0 aliphatic carbocycles. The third kappa shape index (κ3) is 2.32. The number of nitrogens with zero attached hydrogens (tertiary/aromatic N) is 2. The van der Waals surface area contributed by atoms with E-state index >= 15 is 0 Å². The van der Waals surface area contributed by atoms with Crippen LogP contribution in [0, 0.1) is 0 Å². The second-order valence-electron chi connectivity index (χ2n) is 3.52. The van der Waals surface area contributed by atoms with Crippen molar-refractivity contribution in [3.8, 4) is 0 Å². The molecule has 0 saturated carbocycles. The molecule has 1 saturated heterocycles. The zero-order valence-corrected chi connectivity index (χ0v) is 9.71. The molecule has 1 aromatic heterocycles. The van der Waals surface area contributed by atoms with Crippen LogP contribution in [-0.4, -0.2) is 41.8 Å². The molecule has 0 amide bonds. The summed E-state index contributed by atoms with van der Waals surface area (Å²) in [6.45, 7) is 0.410. The fourth-order valence-corrected chi connectivity index (χ4v) is 3.11. The molecule has 84 valence electrons. The number of ether oxygens (including phenoxy) is 1. The van der Waals surface area contributed by atoms with Gasteiger partial charge >= 0.3 is 0 Å². The minimum Gasteiger partial charge on any atom is -0.377 e. The van der Waals surface area contributed by atoms with Gasteiger partial charge in [-0.25, -0.2) is 0 Å². The van der Waals surface area contributed by atoms with Crippen LogP contribution in [0.15, 0.2) is 4.52 Å². The van der Waals surface area contributed by atoms with Crippen LogP contribution in [0.1, 0.15) is 17.6 Å². The predicted molar refractivity (Wildman–Crippen MR) is 57.9 cm³/mol. The van der Waals surface area contributed by atoms with Gasteiger partial charge in [-0.3, -0.25) is 0 Å². The van der Waals surface area contributed by atoms with Gasteiger partial charge in [-0.05, 0) is 7.05 Å². The van der Waals surface area contributed by atoms with Crippen molar-refractivity contribution in [1.82, 2.24) is 15.5 Å². The molecule has 1 fully saturated rings. The molecular weight excluding hydrogens is 214 g/mol. The van der Waals surface area contributed by atoms with E-state index in [9.17, 15) is 0 Å². The van der Waals surface area contributed by atoms with E-state index in [2.05, 4.69) is 15.5 Å². The van der Waals surface area contributed by atoms with Gasteiger partial charge in [-0.2, -0.15) is 16.7 Å². The van der Waals surface area contributed by atoms with E-state index in [-0.39, 0.29) is 0 Å². The molecule has 5 nitrogen and oxygen atoms in total. The van der Waals surface area contributed by atoms with Crippen molar-refractivity contribution in [3.63, 3.8) is 0 Å². The molecular formula is C9H15N3O2S. The highest BCUT2D eigenvalue weighted by molar-refractivity contribution is 7.99. The van der Waals surface area contributed by atoms with E-state index < -0.39 is 0 Å². The summed E-state index contributed by atoms with van der Waals surface area (Å²) in [4.78, 5) is 4.32. The summed E-state index contributed by atoms with van der Waals surface area (Å²) in [7, 11) is 3.59. The summed E-state index contributed by atoms with van der Waals surface area (Å²) < 4.78 is 10.2. The van der Waals surface area contributed by atoms with Crippen LogP contribution in [-0.2, 0) is 11.3 Å². The van der Waals surface area contributed by atoms with Crippen LogP contribution in [0.3, 0.4) is 0 Å². The van der Waals surface area contributed by atoms with Gasteiger partial charge in [0.1, 0.15) is 6.61 Å².